The highest BCUT2D eigenvalue weighted by Crippen LogP contribution is 2.06. The van der Waals surface area contributed by atoms with Crippen LogP contribution in [0.15, 0.2) is 4.99 Å². The molecule has 50 valence electrons. The van der Waals surface area contributed by atoms with E-state index in [0.29, 0.717) is 0 Å². The minimum absolute atomic E-state index is 0.0856. The number of nitrogens with zero attached hydrogens (tertiary/aromatic N) is 1. The van der Waals surface area contributed by atoms with Crippen molar-refractivity contribution in [2.45, 2.75) is 12.5 Å². The van der Waals surface area contributed by atoms with Gasteiger partial charge in [-0.05, 0) is 6.42 Å². The molecule has 1 aliphatic rings. The largest absolute Gasteiger partial charge is 0.375 e. The second-order valence-electron chi connectivity index (χ2n) is 1.96. The molecule has 1 rings (SSSR count). The number of rotatable bonds is 2. The normalized spacial score (nSPS) is 25.9. The molecule has 3 heteroatoms. The van der Waals surface area contributed by atoms with Crippen LogP contribution in [-0.2, 0) is 4.74 Å². The van der Waals surface area contributed by atoms with Crippen LogP contribution in [0.2, 0.25) is 0 Å². The van der Waals surface area contributed by atoms with Gasteiger partial charge in [-0.3, -0.25) is 4.99 Å². The van der Waals surface area contributed by atoms with E-state index in [4.69, 9.17) is 10.1 Å². The van der Waals surface area contributed by atoms with Gasteiger partial charge >= 0.3 is 0 Å². The van der Waals surface area contributed by atoms with E-state index in [9.17, 15) is 0 Å². The first-order valence-corrected chi connectivity index (χ1v) is 2.96. The number of methoxy groups -OCH3 is 1. The highest BCUT2D eigenvalue weighted by atomic mass is 16.5. The van der Waals surface area contributed by atoms with Crippen molar-refractivity contribution >= 4 is 11.9 Å². The fourth-order valence-corrected chi connectivity index (χ4v) is 0.938. The van der Waals surface area contributed by atoms with Gasteiger partial charge in [0.15, 0.2) is 0 Å². The van der Waals surface area contributed by atoms with Gasteiger partial charge in [0.2, 0.25) is 0 Å². The van der Waals surface area contributed by atoms with E-state index in [2.05, 4.69) is 4.99 Å². The Labute approximate surface area is 54.3 Å². The molecule has 0 saturated carbocycles. The molecule has 0 spiro atoms. The van der Waals surface area contributed by atoms with Crippen LogP contribution >= 0.6 is 0 Å². The van der Waals surface area contributed by atoms with Gasteiger partial charge in [0.05, 0.1) is 5.71 Å². The van der Waals surface area contributed by atoms with Crippen LogP contribution in [0.5, 0.6) is 0 Å². The predicted molar refractivity (Wildman–Crippen MR) is 36.5 cm³/mol. The fourth-order valence-electron chi connectivity index (χ4n) is 0.938. The maximum atomic E-state index is 6.90. The second-order valence-corrected chi connectivity index (χ2v) is 1.96. The van der Waals surface area contributed by atoms with Gasteiger partial charge in [0.25, 0.3) is 0 Å². The maximum Gasteiger partial charge on any atom is 0.102 e. The molecule has 0 amide bonds. The van der Waals surface area contributed by atoms with Crippen LogP contribution in [0.1, 0.15) is 6.42 Å². The number of aliphatic imine (C=N–C) groups is 1. The Kier molecular flexibility index (Phi) is 1.95. The first-order valence-electron chi connectivity index (χ1n) is 2.96. The zero-order chi connectivity index (χ0) is 6.69. The minimum atomic E-state index is 0.0856. The highest BCUT2D eigenvalue weighted by Gasteiger charge is 2.17. The zero-order valence-electron chi connectivity index (χ0n) is 5.42. The summed E-state index contributed by atoms with van der Waals surface area (Å²) in [7, 11) is 1.65. The number of hydrogen-bond donors (Lipinski definition) is 1. The lowest BCUT2D eigenvalue weighted by Gasteiger charge is -2.04. The topological polar surface area (TPSA) is 45.4 Å². The molecule has 1 aliphatic heterocycles. The zero-order valence-corrected chi connectivity index (χ0v) is 5.42. The molecule has 0 aromatic heterocycles. The molecular formula is C6H10N2O. The Balaban J connectivity index is 2.56. The Hall–Kier alpha value is -0.700. The molecule has 0 bridgehead atoms. The summed E-state index contributed by atoms with van der Waals surface area (Å²) < 4.78 is 5.03. The van der Waals surface area contributed by atoms with Crippen LogP contribution < -0.4 is 0 Å². The molecule has 3 nitrogen and oxygen atoms in total. The third-order valence-corrected chi connectivity index (χ3v) is 1.45. The van der Waals surface area contributed by atoms with Gasteiger partial charge in [0, 0.05) is 19.9 Å². The fraction of sp³-hybridized carbons (Fsp3) is 0.667. The lowest BCUT2D eigenvalue weighted by atomic mass is 10.2. The van der Waals surface area contributed by atoms with Crippen LogP contribution in [-0.4, -0.2) is 31.7 Å². The summed E-state index contributed by atoms with van der Waals surface area (Å²) in [5.41, 5.74) is 0.775. The molecule has 1 unspecified atom stereocenters. The van der Waals surface area contributed by atoms with Crippen molar-refractivity contribution in [3.8, 4) is 0 Å². The molecule has 9 heavy (non-hydrogen) atoms. The van der Waals surface area contributed by atoms with E-state index >= 15 is 0 Å². The van der Waals surface area contributed by atoms with Crippen molar-refractivity contribution in [3.63, 3.8) is 0 Å². The van der Waals surface area contributed by atoms with Gasteiger partial charge in [-0.1, -0.05) is 0 Å². The summed E-state index contributed by atoms with van der Waals surface area (Å²) in [4.78, 5) is 4.06. The SMILES string of the molecule is COC1CCN=C1C=N. The van der Waals surface area contributed by atoms with Crippen molar-refractivity contribution in [2.24, 2.45) is 4.99 Å². The van der Waals surface area contributed by atoms with Gasteiger partial charge in [-0.2, -0.15) is 0 Å². The summed E-state index contributed by atoms with van der Waals surface area (Å²) in [6.07, 6.45) is 2.28. The Morgan fingerprint density at radius 3 is 3.11 bits per heavy atom. The lowest BCUT2D eigenvalue weighted by Crippen LogP contribution is -2.18. The summed E-state index contributed by atoms with van der Waals surface area (Å²) in [5, 5.41) is 6.90. The van der Waals surface area contributed by atoms with Crippen molar-refractivity contribution in [2.75, 3.05) is 13.7 Å². The van der Waals surface area contributed by atoms with E-state index in [1.807, 2.05) is 0 Å². The van der Waals surface area contributed by atoms with E-state index in [1.165, 1.54) is 6.21 Å². The van der Waals surface area contributed by atoms with Crippen LogP contribution in [0.3, 0.4) is 0 Å². The van der Waals surface area contributed by atoms with Crippen molar-refractivity contribution in [3.05, 3.63) is 0 Å². The van der Waals surface area contributed by atoms with Crippen LogP contribution in [0, 0.1) is 5.41 Å². The summed E-state index contributed by atoms with van der Waals surface area (Å²) in [6.45, 7) is 0.809. The molecule has 0 aliphatic carbocycles. The average molecular weight is 126 g/mol. The van der Waals surface area contributed by atoms with Crippen molar-refractivity contribution < 1.29 is 4.74 Å². The Morgan fingerprint density at radius 2 is 2.67 bits per heavy atom. The van der Waals surface area contributed by atoms with Gasteiger partial charge < -0.3 is 10.1 Å². The van der Waals surface area contributed by atoms with E-state index in [1.54, 1.807) is 7.11 Å². The Bertz CT molecular complexity index is 142. The number of hydrogen-bond acceptors (Lipinski definition) is 3. The lowest BCUT2D eigenvalue weighted by molar-refractivity contribution is 0.158. The molecule has 0 aromatic rings. The Morgan fingerprint density at radius 1 is 1.89 bits per heavy atom. The molecule has 0 fully saturated rings. The summed E-state index contributed by atoms with van der Waals surface area (Å²) in [6, 6.07) is 0. The average Bonchev–Trinajstić information content (AvgIpc) is 2.33. The molecule has 0 aromatic carbocycles. The maximum absolute atomic E-state index is 6.90. The van der Waals surface area contributed by atoms with Gasteiger partial charge in [-0.25, -0.2) is 0 Å². The van der Waals surface area contributed by atoms with Gasteiger partial charge in [-0.15, -0.1) is 0 Å². The smallest absolute Gasteiger partial charge is 0.102 e. The molecule has 1 N–H and O–H groups in total. The first kappa shape index (κ1) is 6.42. The van der Waals surface area contributed by atoms with Crippen molar-refractivity contribution in [1.82, 2.24) is 0 Å². The summed E-state index contributed by atoms with van der Waals surface area (Å²) >= 11 is 0. The third kappa shape index (κ3) is 1.16. The van der Waals surface area contributed by atoms with Crippen LogP contribution in [0.25, 0.3) is 0 Å². The summed E-state index contributed by atoms with van der Waals surface area (Å²) in [5.74, 6) is 0. The van der Waals surface area contributed by atoms with Gasteiger partial charge in [0.1, 0.15) is 6.10 Å². The molecular weight excluding hydrogens is 116 g/mol. The quantitative estimate of drug-likeness (QED) is 0.538. The monoisotopic (exact) mass is 126 g/mol. The molecule has 1 heterocycles. The highest BCUT2D eigenvalue weighted by molar-refractivity contribution is 6.32. The first-order chi connectivity index (χ1) is 4.38. The predicted octanol–water partition coefficient (Wildman–Crippen LogP) is 0.496. The number of nitrogens with one attached hydrogen (secondary N) is 1. The minimum Gasteiger partial charge on any atom is -0.375 e. The van der Waals surface area contributed by atoms with E-state index in [0.717, 1.165) is 18.7 Å². The molecule has 0 saturated heterocycles. The second kappa shape index (κ2) is 2.73. The molecule has 1 atom stereocenters. The van der Waals surface area contributed by atoms with Crippen LogP contribution in [0.4, 0.5) is 0 Å². The standard InChI is InChI=1S/C6H10N2O/c1-9-6-2-3-8-5(6)4-7/h4,6-7H,2-3H2,1H3. The van der Waals surface area contributed by atoms with Crippen molar-refractivity contribution in [1.29, 1.82) is 5.41 Å². The third-order valence-electron chi connectivity index (χ3n) is 1.45. The number of ether oxygens (including phenoxy) is 1. The van der Waals surface area contributed by atoms with E-state index in [-0.39, 0.29) is 6.10 Å². The van der Waals surface area contributed by atoms with E-state index < -0.39 is 0 Å². The molecule has 0 radical (unpaired) electrons.